The van der Waals surface area contributed by atoms with Crippen LogP contribution in [0.3, 0.4) is 0 Å². The maximum atomic E-state index is 12.2. The van der Waals surface area contributed by atoms with Crippen molar-refractivity contribution >= 4 is 17.2 Å². The van der Waals surface area contributed by atoms with Gasteiger partial charge in [0.05, 0.1) is 36.7 Å². The molecule has 0 saturated carbocycles. The van der Waals surface area contributed by atoms with Crippen LogP contribution in [-0.2, 0) is 11.2 Å². The van der Waals surface area contributed by atoms with Gasteiger partial charge in [0, 0.05) is 23.2 Å². The fourth-order valence-corrected chi connectivity index (χ4v) is 3.56. The number of nitrogens with two attached hydrogens (primary N) is 1. The number of aromatic nitrogens is 2. The van der Waals surface area contributed by atoms with E-state index >= 15 is 0 Å². The van der Waals surface area contributed by atoms with Gasteiger partial charge in [0.1, 0.15) is 5.75 Å². The monoisotopic (exact) mass is 401 g/mol. The highest BCUT2D eigenvalue weighted by molar-refractivity contribution is 5.90. The first-order valence-electron chi connectivity index (χ1n) is 9.76. The molecule has 4 rings (SSSR count). The van der Waals surface area contributed by atoms with Crippen LogP contribution in [0.25, 0.3) is 16.8 Å². The highest BCUT2D eigenvalue weighted by Gasteiger charge is 2.17. The molecule has 0 fully saturated rings. The Morgan fingerprint density at radius 2 is 1.90 bits per heavy atom. The Morgan fingerprint density at radius 3 is 2.63 bits per heavy atom. The first kappa shape index (κ1) is 19.5. The number of nitrogens with zero attached hydrogens (tertiary/aromatic N) is 2. The number of benzene rings is 2. The summed E-state index contributed by atoms with van der Waals surface area (Å²) in [6.45, 7) is 2.10. The molecule has 0 bridgehead atoms. The fraction of sp³-hybridized carbons (Fsp3) is 0.167. The Hall–Kier alpha value is -3.80. The molecule has 4 aromatic rings. The van der Waals surface area contributed by atoms with Gasteiger partial charge in [-0.25, -0.2) is 9.31 Å². The number of anilines is 1. The number of carbonyl (C=O) groups excluding carboxylic acids is 1. The first-order valence-corrected chi connectivity index (χ1v) is 9.76. The molecule has 0 spiro atoms. The Morgan fingerprint density at radius 1 is 1.10 bits per heavy atom. The average Bonchev–Trinajstić information content (AvgIpc) is 3.11. The molecule has 0 aliphatic carbocycles. The molecule has 0 amide bonds. The van der Waals surface area contributed by atoms with Crippen LogP contribution in [0.15, 0.2) is 66.9 Å². The van der Waals surface area contributed by atoms with Gasteiger partial charge >= 0.3 is 5.97 Å². The van der Waals surface area contributed by atoms with Crippen LogP contribution >= 0.6 is 0 Å². The summed E-state index contributed by atoms with van der Waals surface area (Å²) >= 11 is 0. The zero-order valence-electron chi connectivity index (χ0n) is 17.0. The molecule has 0 unspecified atom stereocenters. The zero-order chi connectivity index (χ0) is 21.1. The van der Waals surface area contributed by atoms with Crippen molar-refractivity contribution < 1.29 is 14.3 Å². The van der Waals surface area contributed by atoms with Gasteiger partial charge in [-0.2, -0.15) is 5.10 Å². The molecular formula is C24H23N3O3. The third-order valence-corrected chi connectivity index (χ3v) is 4.89. The number of methoxy groups -OCH3 is 1. The standard InChI is InChI=1S/C24H23N3O3/c1-3-30-24(28)18-11-16(12-19(25)14-18)13-21-22-10-9-20(29-2)15-27(22)26-23(21)17-7-5-4-6-8-17/h4-12,14-15H,3,13,25H2,1-2H3. The predicted octanol–water partition coefficient (Wildman–Crippen LogP) is 4.36. The number of rotatable bonds is 6. The van der Waals surface area contributed by atoms with E-state index in [9.17, 15) is 4.79 Å². The Kier molecular flexibility index (Phi) is 5.39. The van der Waals surface area contributed by atoms with Crippen molar-refractivity contribution in [2.45, 2.75) is 13.3 Å². The van der Waals surface area contributed by atoms with Crippen molar-refractivity contribution in [3.63, 3.8) is 0 Å². The van der Waals surface area contributed by atoms with Gasteiger partial charge in [0.25, 0.3) is 0 Å². The van der Waals surface area contributed by atoms with E-state index in [0.29, 0.717) is 24.3 Å². The van der Waals surface area contributed by atoms with Crippen LogP contribution in [0.1, 0.15) is 28.4 Å². The lowest BCUT2D eigenvalue weighted by molar-refractivity contribution is 0.0526. The van der Waals surface area contributed by atoms with Crippen LogP contribution in [0.4, 0.5) is 5.69 Å². The number of carbonyl (C=O) groups is 1. The van der Waals surface area contributed by atoms with Gasteiger partial charge in [0.15, 0.2) is 0 Å². The predicted molar refractivity (Wildman–Crippen MR) is 117 cm³/mol. The van der Waals surface area contributed by atoms with Crippen LogP contribution in [0.5, 0.6) is 5.75 Å². The number of ether oxygens (including phenoxy) is 2. The van der Waals surface area contributed by atoms with Crippen molar-refractivity contribution in [3.05, 3.63) is 83.6 Å². The van der Waals surface area contributed by atoms with Crippen molar-refractivity contribution in [2.24, 2.45) is 0 Å². The van der Waals surface area contributed by atoms with Crippen LogP contribution in [0.2, 0.25) is 0 Å². The number of hydrogen-bond donors (Lipinski definition) is 1. The summed E-state index contributed by atoms with van der Waals surface area (Å²) in [4.78, 5) is 12.2. The van der Waals surface area contributed by atoms with Gasteiger partial charge < -0.3 is 15.2 Å². The van der Waals surface area contributed by atoms with Crippen LogP contribution < -0.4 is 10.5 Å². The number of pyridine rings is 1. The van der Waals surface area contributed by atoms with Crippen LogP contribution in [0, 0.1) is 0 Å². The highest BCUT2D eigenvalue weighted by atomic mass is 16.5. The van der Waals surface area contributed by atoms with E-state index in [-0.39, 0.29) is 5.97 Å². The molecule has 2 aromatic carbocycles. The van der Waals surface area contributed by atoms with E-state index in [1.807, 2.05) is 65.3 Å². The first-order chi connectivity index (χ1) is 14.6. The second-order valence-electron chi connectivity index (χ2n) is 6.95. The zero-order valence-corrected chi connectivity index (χ0v) is 17.0. The van der Waals surface area contributed by atoms with Crippen molar-refractivity contribution in [2.75, 3.05) is 19.5 Å². The van der Waals surface area contributed by atoms with Crippen molar-refractivity contribution in [1.82, 2.24) is 9.61 Å². The molecule has 2 heterocycles. The number of nitrogen functional groups attached to an aromatic ring is 1. The molecule has 30 heavy (non-hydrogen) atoms. The minimum Gasteiger partial charge on any atom is -0.495 e. The Balaban J connectivity index is 1.83. The molecule has 0 saturated heterocycles. The van der Waals surface area contributed by atoms with Gasteiger partial charge in [-0.3, -0.25) is 0 Å². The molecule has 6 nitrogen and oxygen atoms in total. The normalized spacial score (nSPS) is 10.9. The summed E-state index contributed by atoms with van der Waals surface area (Å²) in [5.41, 5.74) is 11.9. The summed E-state index contributed by atoms with van der Waals surface area (Å²) in [5, 5.41) is 4.81. The number of fused-ring (bicyclic) bond motifs is 1. The largest absolute Gasteiger partial charge is 0.495 e. The minimum atomic E-state index is -0.376. The van der Waals surface area contributed by atoms with Crippen molar-refractivity contribution in [1.29, 1.82) is 0 Å². The van der Waals surface area contributed by atoms with Crippen LogP contribution in [-0.4, -0.2) is 29.3 Å². The average molecular weight is 401 g/mol. The van der Waals surface area contributed by atoms with Crippen molar-refractivity contribution in [3.8, 4) is 17.0 Å². The topological polar surface area (TPSA) is 78.9 Å². The maximum Gasteiger partial charge on any atom is 0.338 e. The summed E-state index contributed by atoms with van der Waals surface area (Å²) in [6, 6.07) is 19.3. The lowest BCUT2D eigenvalue weighted by atomic mass is 9.98. The highest BCUT2D eigenvalue weighted by Crippen LogP contribution is 2.30. The quantitative estimate of drug-likeness (QED) is 0.384. The van der Waals surface area contributed by atoms with E-state index < -0.39 is 0 Å². The van der Waals surface area contributed by atoms with Gasteiger partial charge in [0.2, 0.25) is 0 Å². The van der Waals surface area contributed by atoms with E-state index in [1.165, 1.54) is 0 Å². The third-order valence-electron chi connectivity index (χ3n) is 4.89. The second-order valence-corrected chi connectivity index (χ2v) is 6.95. The Bertz CT molecular complexity index is 1200. The molecule has 0 aliphatic rings. The summed E-state index contributed by atoms with van der Waals surface area (Å²) in [7, 11) is 1.63. The molecule has 0 aliphatic heterocycles. The lowest BCUT2D eigenvalue weighted by Gasteiger charge is -2.09. The SMILES string of the molecule is CCOC(=O)c1cc(N)cc(Cc2c(-c3ccccc3)nn3cc(OC)ccc23)c1. The van der Waals surface area contributed by atoms with Gasteiger partial charge in [-0.05, 0) is 42.8 Å². The second kappa shape index (κ2) is 8.29. The third kappa shape index (κ3) is 3.85. The molecule has 0 radical (unpaired) electrons. The number of hydrogen-bond acceptors (Lipinski definition) is 5. The molecular weight excluding hydrogens is 378 g/mol. The molecule has 152 valence electrons. The summed E-state index contributed by atoms with van der Waals surface area (Å²) < 4.78 is 12.3. The Labute approximate surface area is 174 Å². The minimum absolute atomic E-state index is 0.316. The van der Waals surface area contributed by atoms with E-state index in [0.717, 1.165) is 33.7 Å². The summed E-state index contributed by atoms with van der Waals surface area (Å²) in [6.07, 6.45) is 2.42. The molecule has 2 N–H and O–H groups in total. The fourth-order valence-electron chi connectivity index (χ4n) is 3.56. The molecule has 0 atom stereocenters. The molecule has 6 heteroatoms. The van der Waals surface area contributed by atoms with E-state index in [2.05, 4.69) is 0 Å². The number of esters is 1. The van der Waals surface area contributed by atoms with E-state index in [4.69, 9.17) is 20.3 Å². The molecule has 2 aromatic heterocycles. The van der Waals surface area contributed by atoms with E-state index in [1.54, 1.807) is 20.1 Å². The van der Waals surface area contributed by atoms with Gasteiger partial charge in [-0.1, -0.05) is 30.3 Å². The maximum absolute atomic E-state index is 12.2. The van der Waals surface area contributed by atoms with Gasteiger partial charge in [-0.15, -0.1) is 0 Å². The summed E-state index contributed by atoms with van der Waals surface area (Å²) in [5.74, 6) is 0.351. The lowest BCUT2D eigenvalue weighted by Crippen LogP contribution is -2.06. The smallest absolute Gasteiger partial charge is 0.338 e.